The molecule has 0 fully saturated rings. The van der Waals surface area contributed by atoms with Gasteiger partial charge in [-0.3, -0.25) is 0 Å². The molecule has 0 bridgehead atoms. The largest absolute Gasteiger partial charge is 0.497 e. The maximum atomic E-state index is 13.3. The van der Waals surface area contributed by atoms with Gasteiger partial charge in [0.25, 0.3) is 5.89 Å². The Morgan fingerprint density at radius 3 is 2.66 bits per heavy atom. The number of carbonyl (C=O) groups excluding carboxylic acids is 1. The van der Waals surface area contributed by atoms with E-state index in [1.165, 1.54) is 12.1 Å². The molecule has 0 aliphatic heterocycles. The lowest BCUT2D eigenvalue weighted by Crippen LogP contribution is -2.09. The number of hydrogen-bond donors (Lipinski definition) is 0. The molecule has 1 aliphatic rings. The number of esters is 1. The molecule has 0 N–H and O–H groups in total. The molecule has 0 spiro atoms. The predicted octanol–water partition coefficient (Wildman–Crippen LogP) is 3.92. The van der Waals surface area contributed by atoms with Crippen molar-refractivity contribution in [2.24, 2.45) is 0 Å². The monoisotopic (exact) mass is 434 g/mol. The summed E-state index contributed by atoms with van der Waals surface area (Å²) >= 11 is 0. The molecular formula is C23H19FN4O4. The number of carbonyl (C=O) groups is 1. The van der Waals surface area contributed by atoms with Crippen molar-refractivity contribution in [2.45, 2.75) is 25.9 Å². The molecule has 8 nitrogen and oxygen atoms in total. The summed E-state index contributed by atoms with van der Waals surface area (Å²) in [6.07, 6.45) is 2.45. The highest BCUT2D eigenvalue weighted by Crippen LogP contribution is 2.28. The van der Waals surface area contributed by atoms with Crippen molar-refractivity contribution in [2.75, 3.05) is 7.11 Å². The van der Waals surface area contributed by atoms with Crippen molar-refractivity contribution in [1.29, 1.82) is 0 Å². The lowest BCUT2D eigenvalue weighted by Gasteiger charge is -2.05. The fourth-order valence-electron chi connectivity index (χ4n) is 3.76. The van der Waals surface area contributed by atoms with Crippen molar-refractivity contribution in [1.82, 2.24) is 19.9 Å². The number of halogens is 1. The second-order valence-electron chi connectivity index (χ2n) is 7.33. The maximum Gasteiger partial charge on any atom is 0.359 e. The molecule has 9 heteroatoms. The highest BCUT2D eigenvalue weighted by molar-refractivity contribution is 5.89. The smallest absolute Gasteiger partial charge is 0.359 e. The minimum absolute atomic E-state index is 0.166. The molecule has 0 amide bonds. The number of aromatic nitrogens is 4. The Kier molecular flexibility index (Phi) is 5.14. The summed E-state index contributed by atoms with van der Waals surface area (Å²) in [4.78, 5) is 17.0. The van der Waals surface area contributed by atoms with E-state index >= 15 is 0 Å². The first-order valence-electron chi connectivity index (χ1n) is 10.1. The first-order chi connectivity index (χ1) is 15.6. The van der Waals surface area contributed by atoms with Crippen molar-refractivity contribution >= 4 is 5.97 Å². The number of methoxy groups -OCH3 is 1. The van der Waals surface area contributed by atoms with Gasteiger partial charge < -0.3 is 14.0 Å². The maximum absolute atomic E-state index is 13.3. The van der Waals surface area contributed by atoms with Crippen LogP contribution in [0.3, 0.4) is 0 Å². The Morgan fingerprint density at radius 2 is 1.91 bits per heavy atom. The highest BCUT2D eigenvalue weighted by Gasteiger charge is 2.28. The molecule has 162 valence electrons. The Bertz CT molecular complexity index is 1260. The zero-order valence-corrected chi connectivity index (χ0v) is 17.2. The first kappa shape index (κ1) is 19.9. The Balaban J connectivity index is 1.31. The second kappa shape index (κ2) is 8.26. The molecule has 0 saturated heterocycles. The zero-order chi connectivity index (χ0) is 22.1. The van der Waals surface area contributed by atoms with Gasteiger partial charge in [-0.25, -0.2) is 13.9 Å². The van der Waals surface area contributed by atoms with Crippen LogP contribution in [0.2, 0.25) is 0 Å². The van der Waals surface area contributed by atoms with Gasteiger partial charge in [0.1, 0.15) is 11.6 Å². The van der Waals surface area contributed by atoms with Crippen LogP contribution in [0, 0.1) is 5.82 Å². The van der Waals surface area contributed by atoms with Crippen LogP contribution in [-0.2, 0) is 24.2 Å². The van der Waals surface area contributed by atoms with E-state index in [2.05, 4.69) is 15.2 Å². The van der Waals surface area contributed by atoms with E-state index in [0.29, 0.717) is 11.5 Å². The first-order valence-corrected chi connectivity index (χ1v) is 10.1. The molecule has 1 aliphatic carbocycles. The third-order valence-corrected chi connectivity index (χ3v) is 5.34. The molecule has 2 heterocycles. The summed E-state index contributed by atoms with van der Waals surface area (Å²) < 4.78 is 30.7. The van der Waals surface area contributed by atoms with Crippen LogP contribution < -0.4 is 4.74 Å². The summed E-state index contributed by atoms with van der Waals surface area (Å²) in [5.41, 5.74) is 3.52. The van der Waals surface area contributed by atoms with Gasteiger partial charge in [-0.05, 0) is 67.8 Å². The minimum Gasteiger partial charge on any atom is -0.497 e. The van der Waals surface area contributed by atoms with Gasteiger partial charge in [-0.15, -0.1) is 0 Å². The molecule has 2 aromatic heterocycles. The highest BCUT2D eigenvalue weighted by atomic mass is 19.1. The third kappa shape index (κ3) is 3.73. The minimum atomic E-state index is -0.562. The zero-order valence-electron chi connectivity index (χ0n) is 17.2. The van der Waals surface area contributed by atoms with E-state index < -0.39 is 5.97 Å². The van der Waals surface area contributed by atoms with Crippen molar-refractivity contribution < 1.29 is 23.2 Å². The second-order valence-corrected chi connectivity index (χ2v) is 7.33. The summed E-state index contributed by atoms with van der Waals surface area (Å²) in [7, 11) is 1.59. The molecule has 2 aromatic carbocycles. The molecular weight excluding hydrogens is 415 g/mol. The summed E-state index contributed by atoms with van der Waals surface area (Å²) in [5.74, 6) is 0.400. The van der Waals surface area contributed by atoms with Gasteiger partial charge in [0.2, 0.25) is 5.82 Å². The van der Waals surface area contributed by atoms with Gasteiger partial charge in [-0.2, -0.15) is 10.1 Å². The van der Waals surface area contributed by atoms with Crippen molar-refractivity contribution in [3.63, 3.8) is 0 Å². The van der Waals surface area contributed by atoms with Gasteiger partial charge >= 0.3 is 5.97 Å². The molecule has 5 rings (SSSR count). The van der Waals surface area contributed by atoms with Crippen LogP contribution in [0.1, 0.15) is 34.1 Å². The molecule has 32 heavy (non-hydrogen) atoms. The normalized spacial score (nSPS) is 12.6. The van der Waals surface area contributed by atoms with E-state index in [1.807, 2.05) is 12.1 Å². The van der Waals surface area contributed by atoms with Crippen molar-refractivity contribution in [3.05, 3.63) is 77.2 Å². The van der Waals surface area contributed by atoms with Crippen LogP contribution in [0.15, 0.2) is 53.1 Å². The van der Waals surface area contributed by atoms with E-state index in [9.17, 15) is 9.18 Å². The SMILES string of the molecule is COc1ccc(-c2noc(COC(=O)c3nn(-c4ccc(F)cc4)c4c3CCC4)n2)cc1. The Labute approximate surface area is 182 Å². The summed E-state index contributed by atoms with van der Waals surface area (Å²) in [5, 5.41) is 8.39. The van der Waals surface area contributed by atoms with E-state index in [1.54, 1.807) is 36.1 Å². The molecule has 0 radical (unpaired) electrons. The fraction of sp³-hybridized carbons (Fsp3) is 0.217. The number of ether oxygens (including phenoxy) is 2. The lowest BCUT2D eigenvalue weighted by atomic mass is 10.2. The Hall–Kier alpha value is -4.01. The Morgan fingerprint density at radius 1 is 1.12 bits per heavy atom. The van der Waals surface area contributed by atoms with E-state index in [-0.39, 0.29) is 24.0 Å². The molecule has 0 atom stereocenters. The van der Waals surface area contributed by atoms with E-state index in [0.717, 1.165) is 41.8 Å². The van der Waals surface area contributed by atoms with Crippen LogP contribution in [-0.4, -0.2) is 33.0 Å². The average Bonchev–Trinajstić information content (AvgIpc) is 3.55. The van der Waals surface area contributed by atoms with Gasteiger partial charge in [0, 0.05) is 16.8 Å². The molecule has 0 saturated carbocycles. The lowest BCUT2D eigenvalue weighted by molar-refractivity contribution is 0.0421. The van der Waals surface area contributed by atoms with Gasteiger partial charge in [-0.1, -0.05) is 5.16 Å². The number of fused-ring (bicyclic) bond motifs is 1. The van der Waals surface area contributed by atoms with Gasteiger partial charge in [0.15, 0.2) is 12.3 Å². The average molecular weight is 434 g/mol. The fourth-order valence-corrected chi connectivity index (χ4v) is 3.76. The topological polar surface area (TPSA) is 92.3 Å². The van der Waals surface area contributed by atoms with Crippen LogP contribution in [0.5, 0.6) is 5.75 Å². The van der Waals surface area contributed by atoms with Crippen LogP contribution in [0.4, 0.5) is 4.39 Å². The predicted molar refractivity (Wildman–Crippen MR) is 111 cm³/mol. The molecule has 0 unspecified atom stereocenters. The number of rotatable bonds is 6. The van der Waals surface area contributed by atoms with E-state index in [4.69, 9.17) is 14.0 Å². The third-order valence-electron chi connectivity index (χ3n) is 5.34. The van der Waals surface area contributed by atoms with Gasteiger partial charge in [0.05, 0.1) is 12.8 Å². The summed E-state index contributed by atoms with van der Waals surface area (Å²) in [6, 6.07) is 13.2. The number of benzene rings is 2. The summed E-state index contributed by atoms with van der Waals surface area (Å²) in [6.45, 7) is -0.166. The number of hydrogen-bond acceptors (Lipinski definition) is 7. The quantitative estimate of drug-likeness (QED) is 0.425. The standard InChI is InChI=1S/C23H19FN4O4/c1-30-17-11-5-14(6-12-17)22-25-20(32-27-22)13-31-23(29)21-18-3-2-4-19(18)28(26-21)16-9-7-15(24)8-10-16/h5-12H,2-4,13H2,1H3. The van der Waals surface area contributed by atoms with Crippen LogP contribution in [0.25, 0.3) is 17.1 Å². The van der Waals surface area contributed by atoms with Crippen molar-refractivity contribution in [3.8, 4) is 22.8 Å². The molecule has 4 aromatic rings. The van der Waals surface area contributed by atoms with Crippen LogP contribution >= 0.6 is 0 Å². The number of nitrogens with zero attached hydrogens (tertiary/aromatic N) is 4.